The first-order valence-electron chi connectivity index (χ1n) is 7.40. The number of carbonyl (C=O) groups excluding carboxylic acids is 2. The van der Waals surface area contributed by atoms with E-state index in [1.54, 1.807) is 41.4 Å². The molecule has 0 spiro atoms. The zero-order chi connectivity index (χ0) is 16.2. The Morgan fingerprint density at radius 2 is 2.00 bits per heavy atom. The average Bonchev–Trinajstić information content (AvgIpc) is 3.02. The Kier molecular flexibility index (Phi) is 4.76. The summed E-state index contributed by atoms with van der Waals surface area (Å²) < 4.78 is 5.84. The van der Waals surface area contributed by atoms with E-state index in [4.69, 9.17) is 4.42 Å². The predicted octanol–water partition coefficient (Wildman–Crippen LogP) is 2.47. The molecule has 3 heterocycles. The Balaban J connectivity index is 1.52. The van der Waals surface area contributed by atoms with Crippen LogP contribution >= 0.6 is 15.9 Å². The molecule has 1 saturated heterocycles. The second-order valence-corrected chi connectivity index (χ2v) is 6.14. The van der Waals surface area contributed by atoms with Crippen LogP contribution in [-0.4, -0.2) is 40.8 Å². The van der Waals surface area contributed by atoms with E-state index in [0.717, 1.165) is 0 Å². The summed E-state index contributed by atoms with van der Waals surface area (Å²) in [5.74, 6) is 0.0309. The first-order chi connectivity index (χ1) is 11.1. The van der Waals surface area contributed by atoms with E-state index in [2.05, 4.69) is 26.2 Å². The van der Waals surface area contributed by atoms with Crippen molar-refractivity contribution < 1.29 is 14.0 Å². The Labute approximate surface area is 142 Å². The van der Waals surface area contributed by atoms with E-state index < -0.39 is 0 Å². The minimum absolute atomic E-state index is 0.0527. The number of piperidine rings is 1. The molecule has 0 radical (unpaired) electrons. The van der Waals surface area contributed by atoms with Crippen LogP contribution in [0.5, 0.6) is 0 Å². The van der Waals surface area contributed by atoms with Crippen LogP contribution in [-0.2, 0) is 0 Å². The third-order valence-electron chi connectivity index (χ3n) is 3.80. The molecule has 1 N–H and O–H groups in total. The Hall–Kier alpha value is -2.15. The van der Waals surface area contributed by atoms with Crippen molar-refractivity contribution in [3.63, 3.8) is 0 Å². The van der Waals surface area contributed by atoms with E-state index in [1.807, 2.05) is 0 Å². The number of halogens is 1. The molecule has 0 aliphatic carbocycles. The highest BCUT2D eigenvalue weighted by Crippen LogP contribution is 2.18. The number of amides is 2. The van der Waals surface area contributed by atoms with Crippen molar-refractivity contribution in [2.75, 3.05) is 13.1 Å². The summed E-state index contributed by atoms with van der Waals surface area (Å²) >= 11 is 3.19. The van der Waals surface area contributed by atoms with Gasteiger partial charge in [-0.2, -0.15) is 0 Å². The number of nitrogens with zero attached hydrogens (tertiary/aromatic N) is 2. The van der Waals surface area contributed by atoms with Crippen molar-refractivity contribution in [2.24, 2.45) is 0 Å². The van der Waals surface area contributed by atoms with Crippen LogP contribution in [0.15, 0.2) is 45.6 Å². The molecule has 7 heteroatoms. The zero-order valence-electron chi connectivity index (χ0n) is 12.4. The summed E-state index contributed by atoms with van der Waals surface area (Å²) in [6, 6.07) is 8.65. The number of nitrogens with one attached hydrogen (secondary N) is 1. The van der Waals surface area contributed by atoms with Gasteiger partial charge >= 0.3 is 0 Å². The molecular formula is C16H16BrN3O3. The van der Waals surface area contributed by atoms with Crippen LogP contribution in [0.3, 0.4) is 0 Å². The van der Waals surface area contributed by atoms with Crippen molar-refractivity contribution in [1.82, 2.24) is 15.2 Å². The molecule has 1 aliphatic heterocycles. The lowest BCUT2D eigenvalue weighted by Gasteiger charge is -2.31. The van der Waals surface area contributed by atoms with Crippen LogP contribution in [0, 0.1) is 0 Å². The summed E-state index contributed by atoms with van der Waals surface area (Å²) in [6.45, 7) is 1.18. The highest BCUT2D eigenvalue weighted by atomic mass is 79.9. The van der Waals surface area contributed by atoms with Crippen LogP contribution in [0.25, 0.3) is 0 Å². The van der Waals surface area contributed by atoms with Crippen molar-refractivity contribution in [2.45, 2.75) is 18.9 Å². The van der Waals surface area contributed by atoms with E-state index in [0.29, 0.717) is 42.1 Å². The molecule has 0 bridgehead atoms. The molecule has 2 amide bonds. The lowest BCUT2D eigenvalue weighted by atomic mass is 10.0. The van der Waals surface area contributed by atoms with Gasteiger partial charge in [0.15, 0.2) is 10.4 Å². The summed E-state index contributed by atoms with van der Waals surface area (Å²) in [6.07, 6.45) is 3.02. The number of pyridine rings is 1. The van der Waals surface area contributed by atoms with Crippen LogP contribution in [0.4, 0.5) is 0 Å². The predicted molar refractivity (Wildman–Crippen MR) is 87.0 cm³/mol. The second kappa shape index (κ2) is 6.95. The maximum absolute atomic E-state index is 12.3. The molecule has 0 atom stereocenters. The SMILES string of the molecule is O=C(NC1CCN(C(=O)c2ccc(Br)o2)CC1)c1ccccn1. The fourth-order valence-corrected chi connectivity index (χ4v) is 2.87. The largest absolute Gasteiger partial charge is 0.444 e. The molecular weight excluding hydrogens is 362 g/mol. The molecule has 23 heavy (non-hydrogen) atoms. The van der Waals surface area contributed by atoms with Gasteiger partial charge in [0.1, 0.15) is 5.69 Å². The number of rotatable bonds is 3. The van der Waals surface area contributed by atoms with Gasteiger partial charge in [0, 0.05) is 25.3 Å². The minimum atomic E-state index is -0.176. The molecule has 0 aromatic carbocycles. The van der Waals surface area contributed by atoms with E-state index >= 15 is 0 Å². The monoisotopic (exact) mass is 377 g/mol. The van der Waals surface area contributed by atoms with Gasteiger partial charge in [-0.3, -0.25) is 14.6 Å². The Morgan fingerprint density at radius 1 is 1.22 bits per heavy atom. The van der Waals surface area contributed by atoms with Crippen LogP contribution in [0.2, 0.25) is 0 Å². The fraction of sp³-hybridized carbons (Fsp3) is 0.312. The van der Waals surface area contributed by atoms with E-state index in [-0.39, 0.29) is 17.9 Å². The van der Waals surface area contributed by atoms with Gasteiger partial charge in [-0.25, -0.2) is 0 Å². The first-order valence-corrected chi connectivity index (χ1v) is 8.19. The van der Waals surface area contributed by atoms with E-state index in [9.17, 15) is 9.59 Å². The van der Waals surface area contributed by atoms with Crippen molar-refractivity contribution in [1.29, 1.82) is 0 Å². The third-order valence-corrected chi connectivity index (χ3v) is 4.23. The number of furan rings is 1. The van der Waals surface area contributed by atoms with Gasteiger partial charge in [-0.05, 0) is 53.0 Å². The first kappa shape index (κ1) is 15.7. The minimum Gasteiger partial charge on any atom is -0.444 e. The summed E-state index contributed by atoms with van der Waals surface area (Å²) in [5.41, 5.74) is 0.409. The number of likely N-dealkylation sites (tertiary alicyclic amines) is 1. The van der Waals surface area contributed by atoms with Gasteiger partial charge in [-0.1, -0.05) is 6.07 Å². The second-order valence-electron chi connectivity index (χ2n) is 5.36. The normalized spacial score (nSPS) is 15.4. The molecule has 0 unspecified atom stereocenters. The van der Waals surface area contributed by atoms with E-state index in [1.165, 1.54) is 0 Å². The highest BCUT2D eigenvalue weighted by molar-refractivity contribution is 9.10. The van der Waals surface area contributed by atoms with Gasteiger partial charge in [0.2, 0.25) is 0 Å². The Morgan fingerprint density at radius 3 is 2.61 bits per heavy atom. The topological polar surface area (TPSA) is 75.4 Å². The number of hydrogen-bond acceptors (Lipinski definition) is 4. The van der Waals surface area contributed by atoms with Gasteiger partial charge in [-0.15, -0.1) is 0 Å². The molecule has 2 aromatic rings. The van der Waals surface area contributed by atoms with Gasteiger partial charge in [0.05, 0.1) is 0 Å². The fourth-order valence-electron chi connectivity index (χ4n) is 2.57. The molecule has 0 saturated carbocycles. The van der Waals surface area contributed by atoms with Crippen molar-refractivity contribution in [3.8, 4) is 0 Å². The third kappa shape index (κ3) is 3.79. The standard InChI is InChI=1S/C16H16BrN3O3/c17-14-5-4-13(23-14)16(22)20-9-6-11(7-10-20)19-15(21)12-3-1-2-8-18-12/h1-5,8,11H,6-7,9-10H2,(H,19,21). The summed E-state index contributed by atoms with van der Waals surface area (Å²) in [4.78, 5) is 30.1. The number of hydrogen-bond donors (Lipinski definition) is 1. The molecule has 3 rings (SSSR count). The number of aromatic nitrogens is 1. The summed E-state index contributed by atoms with van der Waals surface area (Å²) in [7, 11) is 0. The lowest BCUT2D eigenvalue weighted by molar-refractivity contribution is 0.0665. The van der Waals surface area contributed by atoms with Crippen LogP contribution < -0.4 is 5.32 Å². The quantitative estimate of drug-likeness (QED) is 0.891. The Bertz CT molecular complexity index is 694. The lowest BCUT2D eigenvalue weighted by Crippen LogP contribution is -2.46. The smallest absolute Gasteiger partial charge is 0.289 e. The van der Waals surface area contributed by atoms with Gasteiger partial charge < -0.3 is 14.6 Å². The summed E-state index contributed by atoms with van der Waals surface area (Å²) in [5, 5.41) is 2.97. The highest BCUT2D eigenvalue weighted by Gasteiger charge is 2.26. The maximum Gasteiger partial charge on any atom is 0.289 e. The zero-order valence-corrected chi connectivity index (χ0v) is 14.0. The molecule has 6 nitrogen and oxygen atoms in total. The number of carbonyl (C=O) groups is 2. The maximum atomic E-state index is 12.3. The average molecular weight is 378 g/mol. The van der Waals surface area contributed by atoms with Crippen LogP contribution in [0.1, 0.15) is 33.9 Å². The molecule has 1 aliphatic rings. The molecule has 120 valence electrons. The molecule has 2 aromatic heterocycles. The van der Waals surface area contributed by atoms with Gasteiger partial charge in [0.25, 0.3) is 11.8 Å². The van der Waals surface area contributed by atoms with Crippen molar-refractivity contribution >= 4 is 27.7 Å². The van der Waals surface area contributed by atoms with Crippen molar-refractivity contribution in [3.05, 3.63) is 52.7 Å². The molecule has 1 fully saturated rings.